The summed E-state index contributed by atoms with van der Waals surface area (Å²) in [6, 6.07) is -0.706. The maximum absolute atomic E-state index is 13.2. The normalized spacial score (nSPS) is 13.4. The van der Waals surface area contributed by atoms with E-state index < -0.39 is 18.2 Å². The van der Waals surface area contributed by atoms with Crippen LogP contribution in [-0.2, 0) is 14.3 Å². The van der Waals surface area contributed by atoms with E-state index in [9.17, 15) is 19.8 Å². The van der Waals surface area contributed by atoms with Gasteiger partial charge in [0.15, 0.2) is 0 Å². The van der Waals surface area contributed by atoms with Crippen LogP contribution in [0.5, 0.6) is 0 Å². The number of hydrogen-bond donors (Lipinski definition) is 3. The van der Waals surface area contributed by atoms with Gasteiger partial charge in [-0.1, -0.05) is 212 Å². The minimum absolute atomic E-state index is 0.0589. The summed E-state index contributed by atoms with van der Waals surface area (Å²) in [4.78, 5) is 26.1. The third-order valence-corrected chi connectivity index (χ3v) is 11.8. The van der Waals surface area contributed by atoms with Crippen molar-refractivity contribution in [1.29, 1.82) is 0 Å². The Bertz CT molecular complexity index is 919. The van der Waals surface area contributed by atoms with Crippen LogP contribution in [0.15, 0.2) is 24.3 Å². The predicted molar refractivity (Wildman–Crippen MR) is 250 cm³/mol. The van der Waals surface area contributed by atoms with Gasteiger partial charge in [-0.15, -0.1) is 0 Å². The van der Waals surface area contributed by atoms with Gasteiger partial charge in [0.2, 0.25) is 5.91 Å². The number of aliphatic hydroxyl groups is 2. The zero-order chi connectivity index (χ0) is 42.4. The van der Waals surface area contributed by atoms with E-state index in [-0.39, 0.29) is 24.9 Å². The van der Waals surface area contributed by atoms with Crippen LogP contribution < -0.4 is 5.32 Å². The minimum atomic E-state index is -0.790. The smallest absolute Gasteiger partial charge is 0.306 e. The van der Waals surface area contributed by atoms with Crippen LogP contribution in [0.2, 0.25) is 0 Å². The highest BCUT2D eigenvalue weighted by molar-refractivity contribution is 5.77. The first-order valence-corrected chi connectivity index (χ1v) is 25.6. The van der Waals surface area contributed by atoms with Crippen LogP contribution in [0.1, 0.15) is 271 Å². The summed E-state index contributed by atoms with van der Waals surface area (Å²) in [6.45, 7) is 6.46. The molecule has 0 aliphatic rings. The van der Waals surface area contributed by atoms with Crippen LogP contribution in [0, 0.1) is 0 Å². The van der Waals surface area contributed by atoms with Gasteiger partial charge in [-0.05, 0) is 70.6 Å². The number of aliphatic hydroxyl groups excluding tert-OH is 2. The Morgan fingerprint density at radius 1 is 0.483 bits per heavy atom. The first-order chi connectivity index (χ1) is 28.5. The molecule has 0 aliphatic heterocycles. The van der Waals surface area contributed by atoms with Crippen molar-refractivity contribution in [3.8, 4) is 0 Å². The summed E-state index contributed by atoms with van der Waals surface area (Å²) in [7, 11) is 0. The maximum atomic E-state index is 13.2. The Morgan fingerprint density at radius 2 is 0.845 bits per heavy atom. The molecule has 0 aliphatic carbocycles. The summed E-state index contributed by atoms with van der Waals surface area (Å²) in [5.74, 6) is -0.498. The molecule has 0 saturated carbocycles. The summed E-state index contributed by atoms with van der Waals surface area (Å²) in [5, 5.41) is 23.7. The van der Waals surface area contributed by atoms with Gasteiger partial charge in [-0.2, -0.15) is 0 Å². The molecule has 1 amide bonds. The van der Waals surface area contributed by atoms with Crippen molar-refractivity contribution < 1.29 is 24.5 Å². The molecule has 58 heavy (non-hydrogen) atoms. The van der Waals surface area contributed by atoms with Gasteiger partial charge < -0.3 is 20.3 Å². The van der Waals surface area contributed by atoms with Crippen molar-refractivity contribution in [2.24, 2.45) is 0 Å². The molecular weight excluding hydrogens is 719 g/mol. The van der Waals surface area contributed by atoms with E-state index in [1.54, 1.807) is 0 Å². The second-order valence-electron chi connectivity index (χ2n) is 17.6. The number of hydrogen-bond acceptors (Lipinski definition) is 5. The van der Waals surface area contributed by atoms with Gasteiger partial charge in [0.1, 0.15) is 6.10 Å². The van der Waals surface area contributed by atoms with Crippen LogP contribution in [0.3, 0.4) is 0 Å². The average molecular weight is 818 g/mol. The van der Waals surface area contributed by atoms with Crippen LogP contribution in [0.25, 0.3) is 0 Å². The second kappa shape index (κ2) is 46.4. The molecule has 0 aromatic heterocycles. The summed E-state index contributed by atoms with van der Waals surface area (Å²) in [6.07, 6.45) is 52.4. The molecule has 3 N–H and O–H groups in total. The molecule has 0 spiro atoms. The number of amides is 1. The zero-order valence-corrected chi connectivity index (χ0v) is 38.9. The second-order valence-corrected chi connectivity index (χ2v) is 17.6. The van der Waals surface area contributed by atoms with Crippen LogP contribution in [0.4, 0.5) is 0 Å². The lowest BCUT2D eigenvalue weighted by Gasteiger charge is -2.24. The van der Waals surface area contributed by atoms with E-state index in [1.165, 1.54) is 167 Å². The van der Waals surface area contributed by atoms with Gasteiger partial charge in [-0.3, -0.25) is 9.59 Å². The Hall–Kier alpha value is -1.66. The molecule has 0 bridgehead atoms. The quantitative estimate of drug-likeness (QED) is 0.0323. The number of unbranched alkanes of at least 4 members (excludes halogenated alkanes) is 30. The number of carbonyl (C=O) groups is 2. The molecule has 0 saturated heterocycles. The molecular formula is C52H99NO5. The molecule has 0 rings (SSSR count). The highest BCUT2D eigenvalue weighted by atomic mass is 16.5. The lowest BCUT2D eigenvalue weighted by atomic mass is 10.0. The number of allylic oxidation sites excluding steroid dienone is 4. The topological polar surface area (TPSA) is 95.9 Å². The Labute approximate surface area is 361 Å². The number of rotatable bonds is 46. The number of esters is 1. The molecule has 0 radical (unpaired) electrons. The zero-order valence-electron chi connectivity index (χ0n) is 38.9. The SMILES string of the molecule is CCCCCC/C=C\CCCCCCCCCC(=O)OC(CCC/C=C\CCCCCCCCC)CC(=O)NC(CO)C(O)CCCCCCCCCCCCCC. The first kappa shape index (κ1) is 56.3. The van der Waals surface area contributed by atoms with Gasteiger partial charge >= 0.3 is 5.97 Å². The Morgan fingerprint density at radius 3 is 1.28 bits per heavy atom. The average Bonchev–Trinajstić information content (AvgIpc) is 3.22. The van der Waals surface area contributed by atoms with Crippen molar-refractivity contribution in [2.45, 2.75) is 289 Å². The van der Waals surface area contributed by atoms with E-state index in [4.69, 9.17) is 4.74 Å². The highest BCUT2D eigenvalue weighted by Crippen LogP contribution is 2.17. The molecule has 0 fully saturated rings. The third-order valence-electron chi connectivity index (χ3n) is 11.8. The molecule has 6 nitrogen and oxygen atoms in total. The lowest BCUT2D eigenvalue weighted by molar-refractivity contribution is -0.151. The largest absolute Gasteiger partial charge is 0.462 e. The van der Waals surface area contributed by atoms with Gasteiger partial charge in [0.25, 0.3) is 0 Å². The molecule has 0 aromatic carbocycles. The molecule has 342 valence electrons. The molecule has 0 heterocycles. The highest BCUT2D eigenvalue weighted by Gasteiger charge is 2.24. The van der Waals surface area contributed by atoms with Crippen molar-refractivity contribution >= 4 is 11.9 Å². The standard InChI is InChI=1S/C52H99NO5/c1-4-7-10-13-16-19-22-25-26-27-30-33-36-39-42-45-52(57)58-48(43-40-37-34-31-28-23-20-17-14-11-8-5-2)46-51(56)53-49(47-54)50(55)44-41-38-35-32-29-24-21-18-15-12-9-6-3/h19,22,31,34,48-50,54-55H,4-18,20-21,23-30,32-33,35-47H2,1-3H3,(H,53,56)/b22-19-,34-31-. The van der Waals surface area contributed by atoms with E-state index >= 15 is 0 Å². The fourth-order valence-corrected chi connectivity index (χ4v) is 7.84. The van der Waals surface area contributed by atoms with Crippen molar-refractivity contribution in [1.82, 2.24) is 5.32 Å². The molecule has 6 heteroatoms. The lowest BCUT2D eigenvalue weighted by Crippen LogP contribution is -2.46. The Balaban J connectivity index is 4.57. The third kappa shape index (κ3) is 41.1. The van der Waals surface area contributed by atoms with Crippen LogP contribution >= 0.6 is 0 Å². The first-order valence-electron chi connectivity index (χ1n) is 25.6. The fraction of sp³-hybridized carbons (Fsp3) is 0.885. The minimum Gasteiger partial charge on any atom is -0.462 e. The van der Waals surface area contributed by atoms with Crippen LogP contribution in [-0.4, -0.2) is 46.9 Å². The molecule has 3 unspecified atom stereocenters. The number of carbonyl (C=O) groups excluding carboxylic acids is 2. The maximum Gasteiger partial charge on any atom is 0.306 e. The van der Waals surface area contributed by atoms with Crippen molar-refractivity contribution in [2.75, 3.05) is 6.61 Å². The van der Waals surface area contributed by atoms with E-state index in [1.807, 2.05) is 0 Å². The summed E-state index contributed by atoms with van der Waals surface area (Å²) in [5.41, 5.74) is 0. The monoisotopic (exact) mass is 818 g/mol. The van der Waals surface area contributed by atoms with Crippen molar-refractivity contribution in [3.63, 3.8) is 0 Å². The number of ether oxygens (including phenoxy) is 1. The Kier molecular flexibility index (Phi) is 45.1. The van der Waals surface area contributed by atoms with E-state index in [2.05, 4.69) is 50.4 Å². The van der Waals surface area contributed by atoms with E-state index in [0.717, 1.165) is 57.8 Å². The van der Waals surface area contributed by atoms with Gasteiger partial charge in [0.05, 0.1) is 25.2 Å². The summed E-state index contributed by atoms with van der Waals surface area (Å²) < 4.78 is 5.91. The molecule has 0 aromatic rings. The van der Waals surface area contributed by atoms with E-state index in [0.29, 0.717) is 19.3 Å². The summed E-state index contributed by atoms with van der Waals surface area (Å²) >= 11 is 0. The number of nitrogens with one attached hydrogen (secondary N) is 1. The van der Waals surface area contributed by atoms with Crippen molar-refractivity contribution in [3.05, 3.63) is 24.3 Å². The molecule has 3 atom stereocenters. The van der Waals surface area contributed by atoms with Gasteiger partial charge in [-0.25, -0.2) is 0 Å². The fourth-order valence-electron chi connectivity index (χ4n) is 7.84. The van der Waals surface area contributed by atoms with Gasteiger partial charge in [0, 0.05) is 6.42 Å². The predicted octanol–water partition coefficient (Wildman–Crippen LogP) is 15.1.